The Kier molecular flexibility index (Phi) is 6.50. The summed E-state index contributed by atoms with van der Waals surface area (Å²) < 4.78 is 5.62. The van der Waals surface area contributed by atoms with E-state index in [2.05, 4.69) is 61.5 Å². The fourth-order valence-corrected chi connectivity index (χ4v) is 9.76. The van der Waals surface area contributed by atoms with Crippen molar-refractivity contribution in [1.82, 2.24) is 0 Å². The van der Waals surface area contributed by atoms with Gasteiger partial charge in [0.15, 0.2) is 0 Å². The van der Waals surface area contributed by atoms with Crippen molar-refractivity contribution in [3.05, 3.63) is 22.8 Å². The SMILES string of the molecule is CC(C)=CCC[C@@H](C)[C@H]1CC[C@]2(C)C3=C(CC[C@]12C)[C@@]1(C)CC[C@H](OC=O)C(C)(C)[C@@H]1CC3. The number of ether oxygens (including phenoxy) is 1. The van der Waals surface area contributed by atoms with E-state index in [1.807, 2.05) is 11.1 Å². The van der Waals surface area contributed by atoms with E-state index < -0.39 is 0 Å². The molecule has 33 heavy (non-hydrogen) atoms. The Morgan fingerprint density at radius 1 is 1.00 bits per heavy atom. The normalized spacial score (nSPS) is 42.6. The maximum absolute atomic E-state index is 11.2. The molecule has 0 aromatic rings. The summed E-state index contributed by atoms with van der Waals surface area (Å²) in [5, 5.41) is 0. The van der Waals surface area contributed by atoms with Gasteiger partial charge in [-0.2, -0.15) is 0 Å². The highest BCUT2D eigenvalue weighted by atomic mass is 16.5. The average molecular weight is 455 g/mol. The lowest BCUT2D eigenvalue weighted by atomic mass is 9.43. The van der Waals surface area contributed by atoms with Crippen LogP contribution in [0.3, 0.4) is 0 Å². The van der Waals surface area contributed by atoms with E-state index in [1.165, 1.54) is 63.4 Å². The summed E-state index contributed by atoms with van der Waals surface area (Å²) in [5.41, 5.74) is 6.27. The smallest absolute Gasteiger partial charge is 0.293 e. The van der Waals surface area contributed by atoms with E-state index in [9.17, 15) is 4.79 Å². The summed E-state index contributed by atoms with van der Waals surface area (Å²) in [5.74, 6) is 2.26. The molecule has 4 rings (SSSR count). The molecule has 2 heteroatoms. The van der Waals surface area contributed by atoms with Gasteiger partial charge in [0.1, 0.15) is 6.10 Å². The molecule has 0 saturated heterocycles. The molecule has 0 bridgehead atoms. The van der Waals surface area contributed by atoms with Gasteiger partial charge in [0.25, 0.3) is 6.47 Å². The summed E-state index contributed by atoms with van der Waals surface area (Å²) in [7, 11) is 0. The van der Waals surface area contributed by atoms with Crippen LogP contribution in [0.25, 0.3) is 0 Å². The molecule has 0 aromatic heterocycles. The summed E-state index contributed by atoms with van der Waals surface area (Å²) >= 11 is 0. The van der Waals surface area contributed by atoms with Crippen LogP contribution in [0, 0.1) is 39.4 Å². The quantitative estimate of drug-likeness (QED) is 0.296. The fraction of sp³-hybridized carbons (Fsp3) is 0.839. The Balaban J connectivity index is 1.64. The van der Waals surface area contributed by atoms with E-state index in [0.29, 0.717) is 23.2 Å². The number of hydrogen-bond donors (Lipinski definition) is 0. The summed E-state index contributed by atoms with van der Waals surface area (Å²) in [4.78, 5) is 11.2. The van der Waals surface area contributed by atoms with E-state index in [0.717, 1.165) is 18.3 Å². The molecular weight excluding hydrogens is 404 g/mol. The molecule has 0 radical (unpaired) electrons. The molecule has 0 amide bonds. The van der Waals surface area contributed by atoms with Crippen molar-refractivity contribution >= 4 is 6.47 Å². The average Bonchev–Trinajstić information content (AvgIpc) is 3.01. The van der Waals surface area contributed by atoms with Gasteiger partial charge in [-0.05, 0) is 112 Å². The molecule has 4 aliphatic rings. The lowest BCUT2D eigenvalue weighted by Crippen LogP contribution is -2.55. The first-order valence-electron chi connectivity index (χ1n) is 13.9. The maximum atomic E-state index is 11.2. The monoisotopic (exact) mass is 454 g/mol. The van der Waals surface area contributed by atoms with Crippen molar-refractivity contribution in [3.8, 4) is 0 Å². The minimum Gasteiger partial charge on any atom is -0.464 e. The van der Waals surface area contributed by atoms with Crippen LogP contribution in [0.4, 0.5) is 0 Å². The van der Waals surface area contributed by atoms with Crippen LogP contribution in [0.1, 0.15) is 120 Å². The first-order valence-corrected chi connectivity index (χ1v) is 13.9. The second-order valence-electron chi connectivity index (χ2n) is 13.8. The minimum absolute atomic E-state index is 0.0474. The Bertz CT molecular complexity index is 830. The molecule has 186 valence electrons. The number of hydrogen-bond acceptors (Lipinski definition) is 2. The third-order valence-corrected chi connectivity index (χ3v) is 11.8. The van der Waals surface area contributed by atoms with Crippen molar-refractivity contribution in [2.24, 2.45) is 39.4 Å². The number of allylic oxidation sites excluding steroid dienone is 4. The number of fused-ring (bicyclic) bond motifs is 4. The van der Waals surface area contributed by atoms with Crippen LogP contribution >= 0.6 is 0 Å². The van der Waals surface area contributed by atoms with Gasteiger partial charge in [0, 0.05) is 5.41 Å². The van der Waals surface area contributed by atoms with E-state index in [-0.39, 0.29) is 16.9 Å². The predicted octanol–water partition coefficient (Wildman–Crippen LogP) is 8.66. The molecule has 0 N–H and O–H groups in total. The van der Waals surface area contributed by atoms with Crippen LogP contribution in [-0.2, 0) is 9.53 Å². The standard InChI is InChI=1S/C31H50O2/c1-21(2)10-9-11-22(3)23-14-18-31(8)25-12-13-26-28(4,5)27(33-20-32)16-17-29(26,6)24(25)15-19-30(23,31)7/h10,20,22-23,26-27H,9,11-19H2,1-8H3/t22-,23-,26+,27+,29-,30-,31-/m1/s1. The first kappa shape index (κ1) is 25.1. The summed E-state index contributed by atoms with van der Waals surface area (Å²) in [6.45, 7) is 20.3. The van der Waals surface area contributed by atoms with Gasteiger partial charge in [-0.25, -0.2) is 0 Å². The largest absolute Gasteiger partial charge is 0.464 e. The van der Waals surface area contributed by atoms with E-state index in [1.54, 1.807) is 0 Å². The third kappa shape index (κ3) is 3.68. The molecule has 0 aliphatic heterocycles. The molecule has 0 spiro atoms. The summed E-state index contributed by atoms with van der Waals surface area (Å²) in [6, 6.07) is 0. The minimum atomic E-state index is 0.0474. The van der Waals surface area contributed by atoms with Crippen LogP contribution in [0.2, 0.25) is 0 Å². The van der Waals surface area contributed by atoms with Crippen molar-refractivity contribution in [2.75, 3.05) is 0 Å². The first-order chi connectivity index (χ1) is 15.4. The molecule has 2 fully saturated rings. The van der Waals surface area contributed by atoms with Crippen LogP contribution in [0.15, 0.2) is 22.8 Å². The molecule has 4 aliphatic carbocycles. The van der Waals surface area contributed by atoms with Gasteiger partial charge in [0.05, 0.1) is 0 Å². The predicted molar refractivity (Wildman–Crippen MR) is 138 cm³/mol. The van der Waals surface area contributed by atoms with E-state index in [4.69, 9.17) is 4.74 Å². The topological polar surface area (TPSA) is 26.3 Å². The molecule has 0 unspecified atom stereocenters. The molecule has 2 nitrogen and oxygen atoms in total. The molecule has 0 heterocycles. The Morgan fingerprint density at radius 3 is 2.39 bits per heavy atom. The molecule has 2 saturated carbocycles. The Morgan fingerprint density at radius 2 is 1.73 bits per heavy atom. The highest BCUT2D eigenvalue weighted by molar-refractivity contribution is 5.40. The fourth-order valence-electron chi connectivity index (χ4n) is 9.76. The summed E-state index contributed by atoms with van der Waals surface area (Å²) in [6.07, 6.45) is 15.2. The van der Waals surface area contributed by atoms with Gasteiger partial charge in [-0.15, -0.1) is 0 Å². The van der Waals surface area contributed by atoms with Crippen molar-refractivity contribution in [1.29, 1.82) is 0 Å². The lowest BCUT2D eigenvalue weighted by Gasteiger charge is -2.62. The van der Waals surface area contributed by atoms with Crippen LogP contribution in [-0.4, -0.2) is 12.6 Å². The Labute approximate surface area is 204 Å². The second-order valence-corrected chi connectivity index (χ2v) is 13.8. The van der Waals surface area contributed by atoms with Crippen LogP contribution < -0.4 is 0 Å². The lowest BCUT2D eigenvalue weighted by molar-refractivity contribution is -0.155. The van der Waals surface area contributed by atoms with Crippen molar-refractivity contribution < 1.29 is 9.53 Å². The zero-order valence-electron chi connectivity index (χ0n) is 22.9. The Hall–Kier alpha value is -1.05. The molecule has 0 aromatic carbocycles. The van der Waals surface area contributed by atoms with Gasteiger partial charge in [-0.1, -0.05) is 64.3 Å². The second kappa shape index (κ2) is 8.56. The van der Waals surface area contributed by atoms with Gasteiger partial charge < -0.3 is 4.74 Å². The number of carbonyl (C=O) groups excluding carboxylic acids is 1. The van der Waals surface area contributed by atoms with Gasteiger partial charge in [-0.3, -0.25) is 4.79 Å². The van der Waals surface area contributed by atoms with E-state index >= 15 is 0 Å². The highest BCUT2D eigenvalue weighted by Gasteiger charge is 2.63. The maximum Gasteiger partial charge on any atom is 0.293 e. The van der Waals surface area contributed by atoms with Crippen LogP contribution in [0.5, 0.6) is 0 Å². The molecule has 7 atom stereocenters. The van der Waals surface area contributed by atoms with Gasteiger partial charge in [0.2, 0.25) is 0 Å². The zero-order valence-corrected chi connectivity index (χ0v) is 22.9. The third-order valence-electron chi connectivity index (χ3n) is 11.8. The zero-order chi connectivity index (χ0) is 24.2. The molecular formula is C31H50O2. The highest BCUT2D eigenvalue weighted by Crippen LogP contribution is 2.72. The number of rotatable bonds is 6. The number of carbonyl (C=O) groups is 1. The van der Waals surface area contributed by atoms with Crippen molar-refractivity contribution in [2.45, 2.75) is 126 Å². The van der Waals surface area contributed by atoms with Crippen molar-refractivity contribution in [3.63, 3.8) is 0 Å². The van der Waals surface area contributed by atoms with Gasteiger partial charge >= 0.3 is 0 Å².